The smallest absolute Gasteiger partial charge is 0.306 e. The molecule has 0 amide bonds. The van der Waals surface area contributed by atoms with Crippen LogP contribution < -0.4 is 0 Å². The van der Waals surface area contributed by atoms with Crippen molar-refractivity contribution in [1.29, 1.82) is 0 Å². The number of esters is 2. The molecule has 0 aromatic carbocycles. The summed E-state index contributed by atoms with van der Waals surface area (Å²) in [5.74, 6) is -2.76. The number of ketones is 2. The first-order chi connectivity index (χ1) is 14.9. The van der Waals surface area contributed by atoms with E-state index in [0.29, 0.717) is 6.42 Å². The Balaban J connectivity index is 3.81. The molecule has 0 saturated heterocycles. The van der Waals surface area contributed by atoms with Crippen molar-refractivity contribution in [3.63, 3.8) is 0 Å². The zero-order chi connectivity index (χ0) is 23.3. The molecule has 0 N–H and O–H groups in total. The first-order valence-electron chi connectivity index (χ1n) is 11.6. The second kappa shape index (κ2) is 19.7. The van der Waals surface area contributed by atoms with Gasteiger partial charge in [0.15, 0.2) is 5.78 Å². The summed E-state index contributed by atoms with van der Waals surface area (Å²) < 4.78 is 9.75. The minimum Gasteiger partial charge on any atom is -0.461 e. The van der Waals surface area contributed by atoms with E-state index >= 15 is 0 Å². The Labute approximate surface area is 187 Å². The highest BCUT2D eigenvalue weighted by atomic mass is 16.6. The average Bonchev–Trinajstić information content (AvgIpc) is 2.73. The first kappa shape index (κ1) is 28.8. The third kappa shape index (κ3) is 18.3. The summed E-state index contributed by atoms with van der Waals surface area (Å²) >= 11 is 0. The van der Waals surface area contributed by atoms with Crippen LogP contribution >= 0.6 is 0 Å². The van der Waals surface area contributed by atoms with Crippen molar-refractivity contribution in [3.05, 3.63) is 24.3 Å². The van der Waals surface area contributed by atoms with Crippen molar-refractivity contribution in [2.75, 3.05) is 6.61 Å². The van der Waals surface area contributed by atoms with Crippen LogP contribution in [-0.2, 0) is 28.7 Å². The van der Waals surface area contributed by atoms with Crippen LogP contribution in [0.15, 0.2) is 24.3 Å². The van der Waals surface area contributed by atoms with Crippen LogP contribution in [0.2, 0.25) is 0 Å². The Morgan fingerprint density at radius 2 is 1.35 bits per heavy atom. The van der Waals surface area contributed by atoms with Gasteiger partial charge in [0.2, 0.25) is 11.9 Å². The Morgan fingerprint density at radius 1 is 0.774 bits per heavy atom. The Kier molecular flexibility index (Phi) is 18.3. The monoisotopic (exact) mass is 436 g/mol. The molecule has 0 heterocycles. The second-order valence-corrected chi connectivity index (χ2v) is 7.68. The third-order valence-corrected chi connectivity index (χ3v) is 4.68. The zero-order valence-corrected chi connectivity index (χ0v) is 19.5. The van der Waals surface area contributed by atoms with Gasteiger partial charge >= 0.3 is 11.9 Å². The lowest BCUT2D eigenvalue weighted by molar-refractivity contribution is -0.164. The molecule has 31 heavy (non-hydrogen) atoms. The molecule has 0 aromatic heterocycles. The van der Waals surface area contributed by atoms with Crippen LogP contribution in [-0.4, -0.2) is 36.2 Å². The van der Waals surface area contributed by atoms with Gasteiger partial charge < -0.3 is 9.47 Å². The molecule has 0 radical (unpaired) electrons. The molecule has 1 atom stereocenters. The lowest BCUT2D eigenvalue weighted by Crippen LogP contribution is -2.36. The number of Topliss-reactive ketones (excluding diaryl/α,β-unsaturated/α-hetero) is 2. The minimum absolute atomic E-state index is 0.173. The largest absolute Gasteiger partial charge is 0.461 e. The molecule has 1 unspecified atom stereocenters. The van der Waals surface area contributed by atoms with Crippen molar-refractivity contribution < 1.29 is 28.7 Å². The fourth-order valence-electron chi connectivity index (χ4n) is 2.88. The standard InChI is InChI=1S/C25H40O6/c1-4-5-6-7-8-9-10-11-12-13-14-15-16-17-18-19-24(28)31-23(20-30-22(3)27)25(29)21(2)26/h8-9,11-12,23H,4-7,10,13-20H2,1-3H3/b9-8-,12-11-. The van der Waals surface area contributed by atoms with Crippen molar-refractivity contribution in [2.45, 2.75) is 104 Å². The molecule has 0 aromatic rings. The van der Waals surface area contributed by atoms with E-state index in [9.17, 15) is 19.2 Å². The summed E-state index contributed by atoms with van der Waals surface area (Å²) in [5.41, 5.74) is 0. The Hall–Kier alpha value is -2.24. The van der Waals surface area contributed by atoms with E-state index < -0.39 is 36.2 Å². The van der Waals surface area contributed by atoms with Gasteiger partial charge in [-0.15, -0.1) is 0 Å². The van der Waals surface area contributed by atoms with Crippen molar-refractivity contribution in [2.24, 2.45) is 0 Å². The highest BCUT2D eigenvalue weighted by Crippen LogP contribution is 2.10. The average molecular weight is 437 g/mol. The van der Waals surface area contributed by atoms with Crippen LogP contribution in [0.5, 0.6) is 0 Å². The van der Waals surface area contributed by atoms with E-state index in [0.717, 1.165) is 45.4 Å². The van der Waals surface area contributed by atoms with E-state index in [1.54, 1.807) is 0 Å². The molecule has 0 rings (SSSR count). The molecule has 6 nitrogen and oxygen atoms in total. The first-order valence-corrected chi connectivity index (χ1v) is 11.6. The van der Waals surface area contributed by atoms with Crippen LogP contribution in [0.3, 0.4) is 0 Å². The summed E-state index contributed by atoms with van der Waals surface area (Å²) in [6, 6.07) is 0. The number of hydrogen-bond acceptors (Lipinski definition) is 6. The molecule has 176 valence electrons. The predicted octanol–water partition coefficient (Wildman–Crippen LogP) is 5.43. The SMILES string of the molecule is CCCCC/C=C\C/C=C\CCCCCCCC(=O)OC(COC(C)=O)C(=O)C(C)=O. The molecule has 0 aliphatic rings. The fourth-order valence-corrected chi connectivity index (χ4v) is 2.88. The Morgan fingerprint density at radius 3 is 1.94 bits per heavy atom. The molecule has 0 aliphatic carbocycles. The number of ether oxygens (including phenoxy) is 2. The Bertz CT molecular complexity index is 591. The topological polar surface area (TPSA) is 86.7 Å². The van der Waals surface area contributed by atoms with Gasteiger partial charge in [-0.3, -0.25) is 19.2 Å². The maximum Gasteiger partial charge on any atom is 0.306 e. The van der Waals surface area contributed by atoms with E-state index in [1.165, 1.54) is 32.6 Å². The molecule has 0 spiro atoms. The lowest BCUT2D eigenvalue weighted by Gasteiger charge is -2.15. The van der Waals surface area contributed by atoms with Gasteiger partial charge in [-0.2, -0.15) is 0 Å². The van der Waals surface area contributed by atoms with E-state index in [4.69, 9.17) is 9.47 Å². The predicted molar refractivity (Wildman–Crippen MR) is 122 cm³/mol. The number of rotatable bonds is 19. The second-order valence-electron chi connectivity index (χ2n) is 7.68. The molecular weight excluding hydrogens is 396 g/mol. The van der Waals surface area contributed by atoms with Crippen LogP contribution in [0.25, 0.3) is 0 Å². The minimum atomic E-state index is -1.35. The highest BCUT2D eigenvalue weighted by molar-refractivity contribution is 6.38. The number of hydrogen-bond donors (Lipinski definition) is 0. The molecule has 0 fully saturated rings. The third-order valence-electron chi connectivity index (χ3n) is 4.68. The van der Waals surface area contributed by atoms with Gasteiger partial charge in [0.25, 0.3) is 0 Å². The van der Waals surface area contributed by atoms with Gasteiger partial charge in [-0.05, 0) is 38.5 Å². The molecular formula is C25H40O6. The maximum absolute atomic E-state index is 11.9. The van der Waals surface area contributed by atoms with Crippen LogP contribution in [0, 0.1) is 0 Å². The van der Waals surface area contributed by atoms with Gasteiger partial charge in [-0.1, -0.05) is 63.3 Å². The van der Waals surface area contributed by atoms with Gasteiger partial charge in [-0.25, -0.2) is 0 Å². The fraction of sp³-hybridized carbons (Fsp3) is 0.680. The number of carbonyl (C=O) groups excluding carboxylic acids is 4. The van der Waals surface area contributed by atoms with E-state index in [2.05, 4.69) is 31.2 Å². The number of allylic oxidation sites excluding steroid dienone is 4. The summed E-state index contributed by atoms with van der Waals surface area (Å²) in [7, 11) is 0. The van der Waals surface area contributed by atoms with Crippen molar-refractivity contribution in [1.82, 2.24) is 0 Å². The van der Waals surface area contributed by atoms with Crippen LogP contribution in [0.1, 0.15) is 97.8 Å². The summed E-state index contributed by atoms with van der Waals surface area (Å²) in [4.78, 5) is 45.8. The lowest BCUT2D eigenvalue weighted by atomic mass is 10.1. The maximum atomic E-state index is 11.9. The number of carbonyl (C=O) groups is 4. The normalized spacial score (nSPS) is 12.2. The van der Waals surface area contributed by atoms with Crippen molar-refractivity contribution in [3.8, 4) is 0 Å². The molecule has 0 saturated carbocycles. The van der Waals surface area contributed by atoms with Gasteiger partial charge in [0.05, 0.1) is 0 Å². The molecule has 0 aliphatic heterocycles. The quantitative estimate of drug-likeness (QED) is 0.116. The van der Waals surface area contributed by atoms with E-state index in [1.807, 2.05) is 0 Å². The van der Waals surface area contributed by atoms with Gasteiger partial charge in [0.1, 0.15) is 6.61 Å². The van der Waals surface area contributed by atoms with Crippen molar-refractivity contribution >= 4 is 23.5 Å². The van der Waals surface area contributed by atoms with Gasteiger partial charge in [0, 0.05) is 20.3 Å². The molecule has 0 bridgehead atoms. The summed E-state index contributed by atoms with van der Waals surface area (Å²) in [6.45, 7) is 4.06. The van der Waals surface area contributed by atoms with Crippen LogP contribution in [0.4, 0.5) is 0 Å². The zero-order valence-electron chi connectivity index (χ0n) is 19.5. The summed E-state index contributed by atoms with van der Waals surface area (Å²) in [5, 5.41) is 0. The summed E-state index contributed by atoms with van der Waals surface area (Å²) in [6.07, 6.45) is 19.6. The highest BCUT2D eigenvalue weighted by Gasteiger charge is 2.27. The number of unbranched alkanes of at least 4 members (excludes halogenated alkanes) is 8. The van der Waals surface area contributed by atoms with E-state index in [-0.39, 0.29) is 6.42 Å². The molecule has 6 heteroatoms.